The highest BCUT2D eigenvalue weighted by Crippen LogP contribution is 2.07. The molecular weight excluding hydrogens is 228 g/mol. The standard InChI is InChI=1S/C13H20N4O/c1-11(12-4-2-3-5-15-12)16-13(18)10-17-8-6-14-7-9-17/h2-5,11,14H,6-10H2,1H3,(H,16,18)/t11-/m0/s1. The highest BCUT2D eigenvalue weighted by Gasteiger charge is 2.15. The van der Waals surface area contributed by atoms with Gasteiger partial charge in [-0.2, -0.15) is 0 Å². The molecule has 1 aliphatic heterocycles. The van der Waals surface area contributed by atoms with E-state index in [0.717, 1.165) is 31.9 Å². The lowest BCUT2D eigenvalue weighted by atomic mass is 10.2. The van der Waals surface area contributed by atoms with Crippen LogP contribution < -0.4 is 10.6 Å². The molecule has 2 heterocycles. The van der Waals surface area contributed by atoms with Crippen molar-refractivity contribution >= 4 is 5.91 Å². The number of rotatable bonds is 4. The molecule has 1 aliphatic rings. The van der Waals surface area contributed by atoms with Crippen molar-refractivity contribution in [2.45, 2.75) is 13.0 Å². The first kappa shape index (κ1) is 13.0. The minimum atomic E-state index is -0.0402. The molecule has 1 saturated heterocycles. The van der Waals surface area contributed by atoms with Crippen LogP contribution in [0, 0.1) is 0 Å². The summed E-state index contributed by atoms with van der Waals surface area (Å²) in [5.74, 6) is 0.0649. The Bertz CT molecular complexity index is 376. The Morgan fingerprint density at radius 2 is 2.28 bits per heavy atom. The number of nitrogens with zero attached hydrogens (tertiary/aromatic N) is 2. The summed E-state index contributed by atoms with van der Waals surface area (Å²) in [6.45, 7) is 6.22. The van der Waals surface area contributed by atoms with E-state index in [0.29, 0.717) is 6.54 Å². The Labute approximate surface area is 108 Å². The van der Waals surface area contributed by atoms with Crippen LogP contribution in [-0.2, 0) is 4.79 Å². The summed E-state index contributed by atoms with van der Waals surface area (Å²) < 4.78 is 0. The smallest absolute Gasteiger partial charge is 0.234 e. The number of hydrogen-bond acceptors (Lipinski definition) is 4. The average Bonchev–Trinajstić information content (AvgIpc) is 2.40. The molecule has 0 aromatic carbocycles. The van der Waals surface area contributed by atoms with Gasteiger partial charge in [-0.1, -0.05) is 6.07 Å². The predicted octanol–water partition coefficient (Wildman–Crippen LogP) is 0.164. The third-order valence-electron chi connectivity index (χ3n) is 3.09. The van der Waals surface area contributed by atoms with Crippen LogP contribution in [0.3, 0.4) is 0 Å². The lowest BCUT2D eigenvalue weighted by molar-refractivity contribution is -0.123. The zero-order chi connectivity index (χ0) is 12.8. The van der Waals surface area contributed by atoms with Crippen molar-refractivity contribution < 1.29 is 4.79 Å². The van der Waals surface area contributed by atoms with Crippen molar-refractivity contribution in [1.82, 2.24) is 20.5 Å². The molecule has 0 radical (unpaired) electrons. The van der Waals surface area contributed by atoms with Crippen LogP contribution in [0.1, 0.15) is 18.7 Å². The van der Waals surface area contributed by atoms with E-state index in [1.54, 1.807) is 6.20 Å². The molecule has 0 bridgehead atoms. The van der Waals surface area contributed by atoms with Crippen molar-refractivity contribution in [3.8, 4) is 0 Å². The third kappa shape index (κ3) is 3.78. The Hall–Kier alpha value is -1.46. The topological polar surface area (TPSA) is 57.3 Å². The lowest BCUT2D eigenvalue weighted by Crippen LogP contribution is -2.47. The van der Waals surface area contributed by atoms with Gasteiger partial charge in [0.05, 0.1) is 18.3 Å². The van der Waals surface area contributed by atoms with E-state index in [1.165, 1.54) is 0 Å². The van der Waals surface area contributed by atoms with Crippen molar-refractivity contribution in [3.63, 3.8) is 0 Å². The van der Waals surface area contributed by atoms with Crippen LogP contribution in [0.25, 0.3) is 0 Å². The van der Waals surface area contributed by atoms with Gasteiger partial charge in [0, 0.05) is 32.4 Å². The molecule has 0 aliphatic carbocycles. The number of aromatic nitrogens is 1. The molecule has 2 N–H and O–H groups in total. The van der Waals surface area contributed by atoms with Crippen molar-refractivity contribution in [2.24, 2.45) is 0 Å². The minimum Gasteiger partial charge on any atom is -0.347 e. The molecule has 2 rings (SSSR count). The third-order valence-corrected chi connectivity index (χ3v) is 3.09. The first-order valence-corrected chi connectivity index (χ1v) is 6.39. The summed E-state index contributed by atoms with van der Waals surface area (Å²) in [6, 6.07) is 5.69. The Morgan fingerprint density at radius 1 is 1.50 bits per heavy atom. The van der Waals surface area contributed by atoms with E-state index in [9.17, 15) is 4.79 Å². The molecule has 1 amide bonds. The van der Waals surface area contributed by atoms with E-state index >= 15 is 0 Å². The molecule has 98 valence electrons. The molecule has 1 aromatic rings. The lowest BCUT2D eigenvalue weighted by Gasteiger charge is -2.27. The Morgan fingerprint density at radius 3 is 2.94 bits per heavy atom. The van der Waals surface area contributed by atoms with Gasteiger partial charge < -0.3 is 10.6 Å². The number of pyridine rings is 1. The van der Waals surface area contributed by atoms with Crippen molar-refractivity contribution in [2.75, 3.05) is 32.7 Å². The molecule has 18 heavy (non-hydrogen) atoms. The van der Waals surface area contributed by atoms with E-state index in [4.69, 9.17) is 0 Å². The number of carbonyl (C=O) groups is 1. The fraction of sp³-hybridized carbons (Fsp3) is 0.538. The molecule has 1 aromatic heterocycles. The van der Waals surface area contributed by atoms with Crippen LogP contribution >= 0.6 is 0 Å². The largest absolute Gasteiger partial charge is 0.347 e. The highest BCUT2D eigenvalue weighted by molar-refractivity contribution is 5.78. The summed E-state index contributed by atoms with van der Waals surface area (Å²) in [4.78, 5) is 18.3. The molecule has 0 unspecified atom stereocenters. The summed E-state index contributed by atoms with van der Waals surface area (Å²) >= 11 is 0. The van der Waals surface area contributed by atoms with Crippen molar-refractivity contribution in [1.29, 1.82) is 0 Å². The fourth-order valence-corrected chi connectivity index (χ4v) is 2.07. The number of hydrogen-bond donors (Lipinski definition) is 2. The normalized spacial score (nSPS) is 18.3. The average molecular weight is 248 g/mol. The Balaban J connectivity index is 1.80. The van der Waals surface area contributed by atoms with Gasteiger partial charge in [-0.05, 0) is 19.1 Å². The van der Waals surface area contributed by atoms with Crippen LogP contribution in [0.15, 0.2) is 24.4 Å². The molecule has 0 spiro atoms. The van der Waals surface area contributed by atoms with Crippen LogP contribution in [0.5, 0.6) is 0 Å². The molecule has 0 saturated carbocycles. The maximum absolute atomic E-state index is 11.9. The van der Waals surface area contributed by atoms with Gasteiger partial charge >= 0.3 is 0 Å². The molecule has 1 atom stereocenters. The van der Waals surface area contributed by atoms with Gasteiger partial charge in [0.2, 0.25) is 5.91 Å². The fourth-order valence-electron chi connectivity index (χ4n) is 2.07. The van der Waals surface area contributed by atoms with E-state index in [2.05, 4.69) is 20.5 Å². The number of nitrogens with one attached hydrogen (secondary N) is 2. The summed E-state index contributed by atoms with van der Waals surface area (Å²) in [5.41, 5.74) is 0.895. The monoisotopic (exact) mass is 248 g/mol. The molecule has 5 nitrogen and oxygen atoms in total. The summed E-state index contributed by atoms with van der Waals surface area (Å²) in [7, 11) is 0. The maximum Gasteiger partial charge on any atom is 0.234 e. The van der Waals surface area contributed by atoms with Gasteiger partial charge in [0.25, 0.3) is 0 Å². The van der Waals surface area contributed by atoms with Crippen LogP contribution in [0.4, 0.5) is 0 Å². The van der Waals surface area contributed by atoms with Crippen molar-refractivity contribution in [3.05, 3.63) is 30.1 Å². The second-order valence-corrected chi connectivity index (χ2v) is 4.57. The molecular formula is C13H20N4O. The second kappa shape index (κ2) is 6.47. The van der Waals surface area contributed by atoms with E-state index in [1.807, 2.05) is 25.1 Å². The first-order valence-electron chi connectivity index (χ1n) is 6.39. The zero-order valence-electron chi connectivity index (χ0n) is 10.7. The van der Waals surface area contributed by atoms with Gasteiger partial charge in [0.1, 0.15) is 0 Å². The van der Waals surface area contributed by atoms with Gasteiger partial charge in [-0.3, -0.25) is 14.7 Å². The number of carbonyl (C=O) groups excluding carboxylic acids is 1. The van der Waals surface area contributed by atoms with Gasteiger partial charge in [-0.25, -0.2) is 0 Å². The molecule has 5 heteroatoms. The molecule has 1 fully saturated rings. The summed E-state index contributed by atoms with van der Waals surface area (Å²) in [5, 5.41) is 6.25. The number of piperazine rings is 1. The van der Waals surface area contributed by atoms with Crippen LogP contribution in [-0.4, -0.2) is 48.5 Å². The highest BCUT2D eigenvalue weighted by atomic mass is 16.2. The number of amides is 1. The predicted molar refractivity (Wildman–Crippen MR) is 70.1 cm³/mol. The Kier molecular flexibility index (Phi) is 4.66. The second-order valence-electron chi connectivity index (χ2n) is 4.57. The summed E-state index contributed by atoms with van der Waals surface area (Å²) in [6.07, 6.45) is 1.74. The van der Waals surface area contributed by atoms with Crippen LogP contribution in [0.2, 0.25) is 0 Å². The van der Waals surface area contributed by atoms with Gasteiger partial charge in [0.15, 0.2) is 0 Å². The first-order chi connectivity index (χ1) is 8.75. The van der Waals surface area contributed by atoms with E-state index in [-0.39, 0.29) is 11.9 Å². The minimum absolute atomic E-state index is 0.0402. The van der Waals surface area contributed by atoms with E-state index < -0.39 is 0 Å². The quantitative estimate of drug-likeness (QED) is 0.797. The SMILES string of the molecule is C[C@H](NC(=O)CN1CCNCC1)c1ccccn1. The zero-order valence-corrected chi connectivity index (χ0v) is 10.7. The van der Waals surface area contributed by atoms with Gasteiger partial charge in [-0.15, -0.1) is 0 Å². The maximum atomic E-state index is 11.9.